The number of benzene rings is 1. The van der Waals surface area contributed by atoms with Crippen LogP contribution in [0.25, 0.3) is 10.8 Å². The second-order valence-corrected chi connectivity index (χ2v) is 7.57. The van der Waals surface area contributed by atoms with Gasteiger partial charge >= 0.3 is 0 Å². The Hall–Kier alpha value is -1.36. The zero-order chi connectivity index (χ0) is 16.4. The number of hydrogen-bond donors (Lipinski definition) is 1. The molecule has 3 rings (SSSR count). The molecular formula is C17H21Cl2N3O2S. The molecule has 1 saturated heterocycles. The van der Waals surface area contributed by atoms with Gasteiger partial charge in [-0.05, 0) is 26.0 Å². The molecule has 0 bridgehead atoms. The number of nitrogens with zero attached hydrogens (tertiary/aromatic N) is 2. The number of terminal acetylenes is 1. The topological polar surface area (TPSA) is 62.3 Å². The number of hydrogen-bond acceptors (Lipinski definition) is 4. The Kier molecular flexibility index (Phi) is 7.66. The molecule has 136 valence electrons. The van der Waals surface area contributed by atoms with Gasteiger partial charge in [0, 0.05) is 42.3 Å². The van der Waals surface area contributed by atoms with Crippen LogP contribution < -0.4 is 5.32 Å². The highest BCUT2D eigenvalue weighted by Crippen LogP contribution is 2.29. The fourth-order valence-corrected chi connectivity index (χ4v) is 4.91. The van der Waals surface area contributed by atoms with Crippen molar-refractivity contribution in [3.8, 4) is 12.3 Å². The van der Waals surface area contributed by atoms with Crippen molar-refractivity contribution in [1.82, 2.24) is 14.6 Å². The zero-order valence-corrected chi connectivity index (χ0v) is 16.3. The van der Waals surface area contributed by atoms with Gasteiger partial charge in [-0.2, -0.15) is 4.31 Å². The van der Waals surface area contributed by atoms with Gasteiger partial charge in [0.05, 0.1) is 10.5 Å². The summed E-state index contributed by atoms with van der Waals surface area (Å²) in [7, 11) is -3.62. The van der Waals surface area contributed by atoms with Crippen molar-refractivity contribution in [2.24, 2.45) is 0 Å². The van der Waals surface area contributed by atoms with E-state index in [9.17, 15) is 8.42 Å². The largest absolute Gasteiger partial charge is 0.315 e. The van der Waals surface area contributed by atoms with Crippen LogP contribution in [-0.2, 0) is 10.0 Å². The average molecular weight is 402 g/mol. The summed E-state index contributed by atoms with van der Waals surface area (Å²) in [5, 5.41) is 4.58. The Labute approximate surface area is 161 Å². The first-order valence-corrected chi connectivity index (χ1v) is 9.05. The Bertz CT molecular complexity index is 876. The average Bonchev–Trinajstić information content (AvgIpc) is 2.78. The lowest BCUT2D eigenvalue weighted by Gasteiger charge is -2.26. The van der Waals surface area contributed by atoms with Crippen molar-refractivity contribution >= 4 is 45.6 Å². The minimum Gasteiger partial charge on any atom is -0.315 e. The first-order valence-electron chi connectivity index (χ1n) is 7.61. The van der Waals surface area contributed by atoms with Gasteiger partial charge in [-0.25, -0.2) is 8.42 Å². The first kappa shape index (κ1) is 21.7. The number of halogens is 2. The molecule has 0 aliphatic carbocycles. The van der Waals surface area contributed by atoms with E-state index in [1.807, 2.05) is 13.0 Å². The SMILES string of the molecule is C#Cc1cncc2cccc(S(=O)(=O)N3CCCNCC3C)c12.Cl.Cl. The van der Waals surface area contributed by atoms with Gasteiger partial charge < -0.3 is 5.32 Å². The quantitative estimate of drug-likeness (QED) is 0.784. The van der Waals surface area contributed by atoms with E-state index >= 15 is 0 Å². The second-order valence-electron chi connectivity index (χ2n) is 5.71. The van der Waals surface area contributed by atoms with E-state index in [0.29, 0.717) is 24.0 Å². The van der Waals surface area contributed by atoms with Crippen molar-refractivity contribution in [2.75, 3.05) is 19.6 Å². The molecule has 1 aromatic carbocycles. The summed E-state index contributed by atoms with van der Waals surface area (Å²) in [4.78, 5) is 4.35. The van der Waals surface area contributed by atoms with Crippen molar-refractivity contribution in [3.05, 3.63) is 36.2 Å². The summed E-state index contributed by atoms with van der Waals surface area (Å²) in [6.45, 7) is 3.90. The predicted molar refractivity (Wildman–Crippen MR) is 105 cm³/mol. The molecule has 1 aliphatic rings. The number of aromatic nitrogens is 1. The van der Waals surface area contributed by atoms with E-state index in [-0.39, 0.29) is 35.8 Å². The van der Waals surface area contributed by atoms with Crippen LogP contribution in [0.15, 0.2) is 35.5 Å². The molecule has 1 atom stereocenters. The van der Waals surface area contributed by atoms with E-state index in [2.05, 4.69) is 16.2 Å². The smallest absolute Gasteiger partial charge is 0.244 e. The number of pyridine rings is 1. The predicted octanol–water partition coefficient (Wildman–Crippen LogP) is 2.43. The molecule has 5 nitrogen and oxygen atoms in total. The summed E-state index contributed by atoms with van der Waals surface area (Å²) in [6.07, 6.45) is 9.52. The van der Waals surface area contributed by atoms with Crippen molar-refractivity contribution in [3.63, 3.8) is 0 Å². The highest BCUT2D eigenvalue weighted by atomic mass is 35.5. The fraction of sp³-hybridized carbons (Fsp3) is 0.353. The van der Waals surface area contributed by atoms with Crippen LogP contribution in [0.1, 0.15) is 18.9 Å². The molecule has 1 fully saturated rings. The minimum absolute atomic E-state index is 0. The van der Waals surface area contributed by atoms with Crippen LogP contribution >= 0.6 is 24.8 Å². The van der Waals surface area contributed by atoms with E-state index in [0.717, 1.165) is 18.4 Å². The van der Waals surface area contributed by atoms with Gasteiger partial charge in [0.25, 0.3) is 0 Å². The Morgan fingerprint density at radius 3 is 2.80 bits per heavy atom. The molecule has 0 saturated carbocycles. The summed E-state index contributed by atoms with van der Waals surface area (Å²) in [6, 6.07) is 5.09. The lowest BCUT2D eigenvalue weighted by atomic mass is 10.1. The molecule has 8 heteroatoms. The molecular weight excluding hydrogens is 381 g/mol. The minimum atomic E-state index is -3.62. The summed E-state index contributed by atoms with van der Waals surface area (Å²) < 4.78 is 28.1. The zero-order valence-electron chi connectivity index (χ0n) is 13.8. The maximum atomic E-state index is 13.2. The monoisotopic (exact) mass is 401 g/mol. The van der Waals surface area contributed by atoms with Crippen molar-refractivity contribution in [1.29, 1.82) is 0 Å². The summed E-state index contributed by atoms with van der Waals surface area (Å²) in [5.74, 6) is 2.55. The van der Waals surface area contributed by atoms with Gasteiger partial charge in [-0.15, -0.1) is 31.2 Å². The molecule has 1 aromatic heterocycles. The third kappa shape index (κ3) is 4.08. The van der Waals surface area contributed by atoms with Crippen LogP contribution in [0.3, 0.4) is 0 Å². The lowest BCUT2D eigenvalue weighted by molar-refractivity contribution is 0.354. The van der Waals surface area contributed by atoms with Crippen LogP contribution in [0.5, 0.6) is 0 Å². The number of nitrogens with one attached hydrogen (secondary N) is 1. The standard InChI is InChI=1S/C17H19N3O2S.2ClH/c1-3-14-11-19-12-15-6-4-7-16(17(14)15)23(21,22)20-9-5-8-18-10-13(20)2;;/h1,4,6-7,11-13,18H,5,8-10H2,2H3;2*1H. The molecule has 0 radical (unpaired) electrons. The maximum Gasteiger partial charge on any atom is 0.244 e. The van der Waals surface area contributed by atoms with Crippen LogP contribution in [0.4, 0.5) is 0 Å². The molecule has 1 aliphatic heterocycles. The molecule has 2 heterocycles. The summed E-state index contributed by atoms with van der Waals surface area (Å²) in [5.41, 5.74) is 0.502. The Morgan fingerprint density at radius 2 is 2.08 bits per heavy atom. The number of rotatable bonds is 2. The molecule has 0 spiro atoms. The number of sulfonamides is 1. The van der Waals surface area contributed by atoms with E-state index in [1.54, 1.807) is 22.6 Å². The highest BCUT2D eigenvalue weighted by Gasteiger charge is 2.31. The molecule has 25 heavy (non-hydrogen) atoms. The maximum absolute atomic E-state index is 13.2. The molecule has 2 aromatic rings. The van der Waals surface area contributed by atoms with Crippen LogP contribution in [0.2, 0.25) is 0 Å². The van der Waals surface area contributed by atoms with Gasteiger partial charge in [-0.3, -0.25) is 4.98 Å². The third-order valence-electron chi connectivity index (χ3n) is 4.15. The lowest BCUT2D eigenvalue weighted by Crippen LogP contribution is -2.41. The van der Waals surface area contributed by atoms with E-state index in [1.165, 1.54) is 6.20 Å². The molecule has 1 unspecified atom stereocenters. The van der Waals surface area contributed by atoms with Crippen LogP contribution in [-0.4, -0.2) is 43.4 Å². The second kappa shape index (κ2) is 8.84. The summed E-state index contributed by atoms with van der Waals surface area (Å²) >= 11 is 0. The van der Waals surface area contributed by atoms with Crippen molar-refractivity contribution in [2.45, 2.75) is 24.3 Å². The fourth-order valence-electron chi connectivity index (χ4n) is 3.00. The molecule has 0 amide bonds. The Balaban J connectivity index is 0.00000156. The van der Waals surface area contributed by atoms with Gasteiger partial charge in [0.2, 0.25) is 10.0 Å². The van der Waals surface area contributed by atoms with Gasteiger partial charge in [0.1, 0.15) is 0 Å². The highest BCUT2D eigenvalue weighted by molar-refractivity contribution is 7.89. The normalized spacial score (nSPS) is 18.5. The first-order chi connectivity index (χ1) is 11.1. The number of fused-ring (bicyclic) bond motifs is 1. The third-order valence-corrected chi connectivity index (χ3v) is 6.21. The van der Waals surface area contributed by atoms with E-state index < -0.39 is 10.0 Å². The van der Waals surface area contributed by atoms with Crippen molar-refractivity contribution < 1.29 is 8.42 Å². The van der Waals surface area contributed by atoms with E-state index in [4.69, 9.17) is 6.42 Å². The van der Waals surface area contributed by atoms with Gasteiger partial charge in [0.15, 0.2) is 0 Å². The molecule has 1 N–H and O–H groups in total. The Morgan fingerprint density at radius 1 is 1.32 bits per heavy atom. The van der Waals surface area contributed by atoms with Gasteiger partial charge in [-0.1, -0.05) is 18.1 Å². The van der Waals surface area contributed by atoms with Crippen LogP contribution in [0, 0.1) is 12.3 Å².